The Hall–Kier alpha value is -1.31. The summed E-state index contributed by atoms with van der Waals surface area (Å²) in [4.78, 5) is 7.96. The van der Waals surface area contributed by atoms with Crippen LogP contribution in [-0.4, -0.2) is 50.2 Å². The van der Waals surface area contributed by atoms with E-state index in [9.17, 15) is 0 Å². The Kier molecular flexibility index (Phi) is 8.18. The number of azo groups is 1. The van der Waals surface area contributed by atoms with E-state index < -0.39 is 0 Å². The Morgan fingerprint density at radius 1 is 1.08 bits per heavy atom. The fourth-order valence-electron chi connectivity index (χ4n) is 2.22. The summed E-state index contributed by atoms with van der Waals surface area (Å²) < 4.78 is 0.968. The van der Waals surface area contributed by atoms with Gasteiger partial charge in [-0.25, -0.2) is 4.98 Å². The van der Waals surface area contributed by atoms with Crippen molar-refractivity contribution in [1.29, 1.82) is 0 Å². The first-order valence-electron chi connectivity index (χ1n) is 8.30. The minimum Gasteiger partial charge on any atom is -1.00 e. The third-order valence-electron chi connectivity index (χ3n) is 3.91. The molecule has 25 heavy (non-hydrogen) atoms. The molecule has 0 aliphatic heterocycles. The monoisotopic (exact) mass is 425 g/mol. The standard InChI is InChI=1S/C18H28N5S.BrH/c1-7-22(12-13-23(4,5)6)17-10-8-16(9-11-17)20-21-18-19-14(2)15(3)24-18;/h8-11H,7,12-13H2,1-6H3;1H/q+1;/p-1/b21-20+;. The van der Waals surface area contributed by atoms with Gasteiger partial charge in [0.2, 0.25) is 5.13 Å². The summed E-state index contributed by atoms with van der Waals surface area (Å²) in [5.74, 6) is 0. The van der Waals surface area contributed by atoms with Gasteiger partial charge < -0.3 is 26.4 Å². The highest BCUT2D eigenvalue weighted by Gasteiger charge is 2.11. The lowest BCUT2D eigenvalue weighted by atomic mass is 10.2. The molecule has 5 nitrogen and oxygen atoms in total. The highest BCUT2D eigenvalue weighted by Crippen LogP contribution is 2.26. The van der Waals surface area contributed by atoms with Crippen molar-refractivity contribution in [1.82, 2.24) is 4.98 Å². The maximum Gasteiger partial charge on any atom is 0.230 e. The van der Waals surface area contributed by atoms with Crippen molar-refractivity contribution in [2.24, 2.45) is 10.2 Å². The number of nitrogens with zero attached hydrogens (tertiary/aromatic N) is 5. The van der Waals surface area contributed by atoms with Crippen molar-refractivity contribution in [2.45, 2.75) is 20.8 Å². The summed E-state index contributed by atoms with van der Waals surface area (Å²) in [7, 11) is 6.66. The quantitative estimate of drug-likeness (QED) is 0.500. The Morgan fingerprint density at radius 2 is 1.72 bits per heavy atom. The van der Waals surface area contributed by atoms with Crippen LogP contribution in [0.25, 0.3) is 0 Å². The van der Waals surface area contributed by atoms with Gasteiger partial charge in [-0.3, -0.25) is 0 Å². The number of quaternary nitrogens is 1. The third kappa shape index (κ3) is 6.84. The van der Waals surface area contributed by atoms with Crippen LogP contribution in [0.2, 0.25) is 0 Å². The number of halogens is 1. The molecular weight excluding hydrogens is 398 g/mol. The average Bonchev–Trinajstić information content (AvgIpc) is 2.84. The van der Waals surface area contributed by atoms with Crippen LogP contribution in [0.15, 0.2) is 34.5 Å². The molecule has 0 saturated carbocycles. The number of benzene rings is 1. The zero-order valence-electron chi connectivity index (χ0n) is 16.0. The van der Waals surface area contributed by atoms with E-state index in [-0.39, 0.29) is 17.0 Å². The molecule has 0 radical (unpaired) electrons. The van der Waals surface area contributed by atoms with Crippen LogP contribution in [0.4, 0.5) is 16.5 Å². The van der Waals surface area contributed by atoms with Crippen LogP contribution in [0.3, 0.4) is 0 Å². The number of thiazole rings is 1. The summed E-state index contributed by atoms with van der Waals surface area (Å²) >= 11 is 1.57. The summed E-state index contributed by atoms with van der Waals surface area (Å²) in [5.41, 5.74) is 3.11. The van der Waals surface area contributed by atoms with Gasteiger partial charge in [0.05, 0.1) is 45.6 Å². The van der Waals surface area contributed by atoms with Crippen LogP contribution in [0.1, 0.15) is 17.5 Å². The minimum atomic E-state index is 0. The molecule has 0 bridgehead atoms. The van der Waals surface area contributed by atoms with Gasteiger partial charge in [0.15, 0.2) is 0 Å². The highest BCUT2D eigenvalue weighted by atomic mass is 79.9. The minimum absolute atomic E-state index is 0. The van der Waals surface area contributed by atoms with Gasteiger partial charge in [0.1, 0.15) is 0 Å². The maximum absolute atomic E-state index is 4.38. The molecule has 0 amide bonds. The number of anilines is 1. The van der Waals surface area contributed by atoms with Crippen LogP contribution < -0.4 is 21.9 Å². The lowest BCUT2D eigenvalue weighted by Gasteiger charge is -2.29. The summed E-state index contributed by atoms with van der Waals surface area (Å²) in [6.07, 6.45) is 0. The van der Waals surface area contributed by atoms with E-state index in [0.29, 0.717) is 5.13 Å². The fraction of sp³-hybridized carbons (Fsp3) is 0.500. The molecule has 0 N–H and O–H groups in total. The largest absolute Gasteiger partial charge is 1.00 e. The van der Waals surface area contributed by atoms with E-state index in [2.05, 4.69) is 67.2 Å². The van der Waals surface area contributed by atoms with Crippen molar-refractivity contribution in [3.8, 4) is 0 Å². The molecule has 0 saturated heterocycles. The lowest BCUT2D eigenvalue weighted by Crippen LogP contribution is -3.00. The van der Waals surface area contributed by atoms with Gasteiger partial charge in [0, 0.05) is 17.1 Å². The first kappa shape index (κ1) is 21.7. The van der Waals surface area contributed by atoms with Gasteiger partial charge >= 0.3 is 0 Å². The molecule has 0 unspecified atom stereocenters. The zero-order valence-corrected chi connectivity index (χ0v) is 18.4. The number of rotatable bonds is 7. The first-order chi connectivity index (χ1) is 11.3. The molecular formula is C18H28BrN5S. The lowest BCUT2D eigenvalue weighted by molar-refractivity contribution is -0.868. The van der Waals surface area contributed by atoms with Crippen molar-refractivity contribution in [3.63, 3.8) is 0 Å². The number of aryl methyl sites for hydroxylation is 2. The summed E-state index contributed by atoms with van der Waals surface area (Å²) in [5, 5.41) is 9.25. The second-order valence-electron chi connectivity index (χ2n) is 6.95. The van der Waals surface area contributed by atoms with E-state index in [4.69, 9.17) is 0 Å². The Morgan fingerprint density at radius 3 is 2.20 bits per heavy atom. The first-order valence-corrected chi connectivity index (χ1v) is 9.11. The molecule has 138 valence electrons. The second kappa shape index (κ2) is 9.40. The Balaban J connectivity index is 0.00000312. The molecule has 1 heterocycles. The smallest absolute Gasteiger partial charge is 0.230 e. The average molecular weight is 426 g/mol. The SMILES string of the molecule is CCN(CC[N+](C)(C)C)c1ccc(/N=N/c2nc(C)c(C)s2)cc1.[Br-]. The van der Waals surface area contributed by atoms with E-state index in [1.54, 1.807) is 11.3 Å². The van der Waals surface area contributed by atoms with Crippen molar-refractivity contribution in [2.75, 3.05) is 45.7 Å². The van der Waals surface area contributed by atoms with Gasteiger partial charge in [-0.1, -0.05) is 11.3 Å². The fourth-order valence-corrected chi connectivity index (χ4v) is 2.95. The second-order valence-corrected chi connectivity index (χ2v) is 8.13. The van der Waals surface area contributed by atoms with E-state index in [0.717, 1.165) is 35.5 Å². The van der Waals surface area contributed by atoms with Gasteiger partial charge in [-0.2, -0.15) is 0 Å². The Bertz CT molecular complexity index is 669. The molecule has 0 fully saturated rings. The number of aromatic nitrogens is 1. The molecule has 0 aliphatic rings. The predicted molar refractivity (Wildman–Crippen MR) is 103 cm³/mol. The Labute approximate surface area is 165 Å². The molecule has 2 aromatic rings. The maximum atomic E-state index is 4.38. The molecule has 0 aliphatic carbocycles. The zero-order chi connectivity index (χ0) is 17.7. The molecule has 1 aromatic heterocycles. The van der Waals surface area contributed by atoms with E-state index in [1.165, 1.54) is 10.6 Å². The van der Waals surface area contributed by atoms with Crippen molar-refractivity contribution < 1.29 is 21.5 Å². The summed E-state index contributed by atoms with van der Waals surface area (Å²) in [6.45, 7) is 9.39. The molecule has 0 atom stereocenters. The van der Waals surface area contributed by atoms with Gasteiger partial charge in [0.25, 0.3) is 0 Å². The third-order valence-corrected chi connectivity index (χ3v) is 4.86. The van der Waals surface area contributed by atoms with Crippen LogP contribution >= 0.6 is 11.3 Å². The predicted octanol–water partition coefficient (Wildman–Crippen LogP) is 1.71. The van der Waals surface area contributed by atoms with Gasteiger partial charge in [-0.15, -0.1) is 10.2 Å². The van der Waals surface area contributed by atoms with E-state index >= 15 is 0 Å². The van der Waals surface area contributed by atoms with Gasteiger partial charge in [-0.05, 0) is 45.0 Å². The molecule has 1 aromatic carbocycles. The van der Waals surface area contributed by atoms with Crippen molar-refractivity contribution in [3.05, 3.63) is 34.8 Å². The topological polar surface area (TPSA) is 40.9 Å². The molecule has 0 spiro atoms. The van der Waals surface area contributed by atoms with E-state index in [1.807, 2.05) is 19.1 Å². The van der Waals surface area contributed by atoms with Crippen LogP contribution in [0.5, 0.6) is 0 Å². The van der Waals surface area contributed by atoms with Crippen molar-refractivity contribution >= 4 is 27.8 Å². The number of likely N-dealkylation sites (N-methyl/N-ethyl adjacent to an activating group) is 2. The molecule has 2 rings (SSSR count). The highest BCUT2D eigenvalue weighted by molar-refractivity contribution is 7.15. The normalized spacial score (nSPS) is 11.6. The number of hydrogen-bond acceptors (Lipinski definition) is 5. The van der Waals surface area contributed by atoms with Crippen LogP contribution in [0, 0.1) is 13.8 Å². The summed E-state index contributed by atoms with van der Waals surface area (Å²) in [6, 6.07) is 8.26. The number of hydrogen-bond donors (Lipinski definition) is 0. The molecule has 7 heteroatoms. The van der Waals surface area contributed by atoms with Crippen LogP contribution in [-0.2, 0) is 0 Å².